The van der Waals surface area contributed by atoms with Crippen LogP contribution in [0.4, 0.5) is 5.69 Å². The minimum absolute atomic E-state index is 0.00954. The predicted octanol–water partition coefficient (Wildman–Crippen LogP) is 3.86. The highest BCUT2D eigenvalue weighted by Gasteiger charge is 2.17. The maximum atomic E-state index is 9.51. The summed E-state index contributed by atoms with van der Waals surface area (Å²) in [6.07, 6.45) is 0. The van der Waals surface area contributed by atoms with E-state index in [4.69, 9.17) is 5.73 Å². The fraction of sp³-hybridized carbons (Fsp3) is 0.0526. The third-order valence-electron chi connectivity index (χ3n) is 3.70. The van der Waals surface area contributed by atoms with E-state index in [9.17, 15) is 10.2 Å². The van der Waals surface area contributed by atoms with Gasteiger partial charge in [0.05, 0.1) is 0 Å². The van der Waals surface area contributed by atoms with Crippen molar-refractivity contribution in [3.8, 4) is 11.5 Å². The van der Waals surface area contributed by atoms with Gasteiger partial charge in [0.2, 0.25) is 0 Å². The Kier molecular flexibility index (Phi) is 3.71. The molecule has 0 fully saturated rings. The van der Waals surface area contributed by atoms with Crippen LogP contribution in [-0.2, 0) is 0 Å². The van der Waals surface area contributed by atoms with Crippen molar-refractivity contribution in [3.63, 3.8) is 0 Å². The average molecular weight is 291 g/mol. The van der Waals surface area contributed by atoms with Gasteiger partial charge in [0.1, 0.15) is 11.5 Å². The third kappa shape index (κ3) is 2.88. The molecular formula is C19H17NO2. The molecule has 0 aromatic heterocycles. The predicted molar refractivity (Wildman–Crippen MR) is 88.0 cm³/mol. The van der Waals surface area contributed by atoms with Crippen molar-refractivity contribution in [1.29, 1.82) is 0 Å². The van der Waals surface area contributed by atoms with Crippen LogP contribution in [0.2, 0.25) is 0 Å². The summed E-state index contributed by atoms with van der Waals surface area (Å²) in [5, 5.41) is 19.0. The fourth-order valence-corrected chi connectivity index (χ4v) is 2.65. The highest BCUT2D eigenvalue weighted by atomic mass is 16.3. The summed E-state index contributed by atoms with van der Waals surface area (Å²) in [4.78, 5) is 0. The first kappa shape index (κ1) is 14.0. The van der Waals surface area contributed by atoms with Gasteiger partial charge in [0.15, 0.2) is 0 Å². The Morgan fingerprint density at radius 2 is 1.14 bits per heavy atom. The molecule has 22 heavy (non-hydrogen) atoms. The van der Waals surface area contributed by atoms with Crippen LogP contribution in [0.15, 0.2) is 72.8 Å². The van der Waals surface area contributed by atoms with E-state index in [1.165, 1.54) is 0 Å². The van der Waals surface area contributed by atoms with Crippen molar-refractivity contribution in [2.45, 2.75) is 5.92 Å². The van der Waals surface area contributed by atoms with Crippen molar-refractivity contribution >= 4 is 5.69 Å². The molecule has 0 aliphatic carbocycles. The maximum Gasteiger partial charge on any atom is 0.115 e. The Hall–Kier alpha value is -2.94. The van der Waals surface area contributed by atoms with Crippen molar-refractivity contribution in [2.24, 2.45) is 0 Å². The van der Waals surface area contributed by atoms with Gasteiger partial charge >= 0.3 is 0 Å². The zero-order valence-electron chi connectivity index (χ0n) is 12.0. The molecule has 0 bridgehead atoms. The van der Waals surface area contributed by atoms with Crippen molar-refractivity contribution < 1.29 is 10.2 Å². The first-order valence-corrected chi connectivity index (χ1v) is 7.07. The first-order valence-electron chi connectivity index (χ1n) is 7.07. The number of hydrogen-bond acceptors (Lipinski definition) is 3. The molecule has 4 N–H and O–H groups in total. The lowest BCUT2D eigenvalue weighted by Gasteiger charge is -2.19. The van der Waals surface area contributed by atoms with Crippen LogP contribution in [0.3, 0.4) is 0 Å². The second-order valence-electron chi connectivity index (χ2n) is 5.29. The Morgan fingerprint density at radius 3 is 1.59 bits per heavy atom. The molecule has 3 aromatic rings. The van der Waals surface area contributed by atoms with E-state index < -0.39 is 0 Å². The van der Waals surface area contributed by atoms with E-state index >= 15 is 0 Å². The van der Waals surface area contributed by atoms with Crippen LogP contribution < -0.4 is 5.73 Å². The summed E-state index contributed by atoms with van der Waals surface area (Å²) in [5.74, 6) is 0.464. The van der Waals surface area contributed by atoms with Gasteiger partial charge in [-0.2, -0.15) is 0 Å². The molecule has 3 rings (SSSR count). The number of nitrogens with two attached hydrogens (primary N) is 1. The van der Waals surface area contributed by atoms with Gasteiger partial charge < -0.3 is 15.9 Å². The lowest BCUT2D eigenvalue weighted by molar-refractivity contribution is 0.475. The molecular weight excluding hydrogens is 274 g/mol. The van der Waals surface area contributed by atoms with Crippen LogP contribution >= 0.6 is 0 Å². The van der Waals surface area contributed by atoms with Crippen LogP contribution in [0.5, 0.6) is 11.5 Å². The van der Waals surface area contributed by atoms with Gasteiger partial charge in [0, 0.05) is 11.6 Å². The molecule has 0 saturated heterocycles. The number of benzene rings is 3. The van der Waals surface area contributed by atoms with E-state index in [1.54, 1.807) is 24.3 Å². The van der Waals surface area contributed by atoms with Crippen molar-refractivity contribution in [3.05, 3.63) is 89.5 Å². The molecule has 110 valence electrons. The SMILES string of the molecule is Nc1cccc(C(c2ccc(O)cc2)c2ccc(O)cc2)c1. The van der Waals surface area contributed by atoms with Crippen LogP contribution in [0, 0.1) is 0 Å². The number of anilines is 1. The third-order valence-corrected chi connectivity index (χ3v) is 3.70. The first-order chi connectivity index (χ1) is 10.6. The Labute approximate surface area is 129 Å². The summed E-state index contributed by atoms with van der Waals surface area (Å²) in [5.41, 5.74) is 9.80. The van der Waals surface area contributed by atoms with Gasteiger partial charge in [-0.05, 0) is 53.1 Å². The normalized spacial score (nSPS) is 10.8. The Bertz CT molecular complexity index is 719. The van der Waals surface area contributed by atoms with Crippen LogP contribution in [0.25, 0.3) is 0 Å². The number of phenolic OH excluding ortho intramolecular Hbond substituents is 2. The highest BCUT2D eigenvalue weighted by molar-refractivity contribution is 5.50. The molecule has 0 heterocycles. The molecule has 0 spiro atoms. The van der Waals surface area contributed by atoms with Gasteiger partial charge in [-0.15, -0.1) is 0 Å². The van der Waals surface area contributed by atoms with E-state index in [1.807, 2.05) is 48.5 Å². The highest BCUT2D eigenvalue weighted by Crippen LogP contribution is 2.34. The van der Waals surface area contributed by atoms with Gasteiger partial charge in [-0.3, -0.25) is 0 Å². The Balaban J connectivity index is 2.13. The molecule has 0 unspecified atom stereocenters. The van der Waals surface area contributed by atoms with E-state index in [-0.39, 0.29) is 17.4 Å². The molecule has 0 atom stereocenters. The second kappa shape index (κ2) is 5.82. The molecule has 3 aromatic carbocycles. The molecule has 0 radical (unpaired) electrons. The standard InChI is InChI=1S/C19H17NO2/c20-16-3-1-2-15(12-16)19(13-4-8-17(21)9-5-13)14-6-10-18(22)11-7-14/h1-12,19,21-22H,20H2. The van der Waals surface area contributed by atoms with E-state index in [0.29, 0.717) is 5.69 Å². The molecule has 3 nitrogen and oxygen atoms in total. The minimum atomic E-state index is -0.00954. The number of phenols is 2. The molecule has 0 saturated carbocycles. The maximum absolute atomic E-state index is 9.51. The average Bonchev–Trinajstić information content (AvgIpc) is 2.51. The van der Waals surface area contributed by atoms with Crippen molar-refractivity contribution in [1.82, 2.24) is 0 Å². The summed E-state index contributed by atoms with van der Waals surface area (Å²) < 4.78 is 0. The minimum Gasteiger partial charge on any atom is -0.508 e. The van der Waals surface area contributed by atoms with E-state index in [0.717, 1.165) is 16.7 Å². The summed E-state index contributed by atoms with van der Waals surface area (Å²) >= 11 is 0. The van der Waals surface area contributed by atoms with Gasteiger partial charge in [0.25, 0.3) is 0 Å². The quantitative estimate of drug-likeness (QED) is 0.507. The van der Waals surface area contributed by atoms with Crippen LogP contribution in [0.1, 0.15) is 22.6 Å². The zero-order chi connectivity index (χ0) is 15.5. The zero-order valence-corrected chi connectivity index (χ0v) is 12.0. The lowest BCUT2D eigenvalue weighted by Crippen LogP contribution is -2.03. The number of hydrogen-bond donors (Lipinski definition) is 3. The number of rotatable bonds is 3. The Morgan fingerprint density at radius 1 is 0.636 bits per heavy atom. The smallest absolute Gasteiger partial charge is 0.115 e. The van der Waals surface area contributed by atoms with Crippen LogP contribution in [-0.4, -0.2) is 10.2 Å². The topological polar surface area (TPSA) is 66.5 Å². The van der Waals surface area contributed by atoms with Gasteiger partial charge in [-0.1, -0.05) is 36.4 Å². The van der Waals surface area contributed by atoms with Gasteiger partial charge in [-0.25, -0.2) is 0 Å². The largest absolute Gasteiger partial charge is 0.508 e. The fourth-order valence-electron chi connectivity index (χ4n) is 2.65. The molecule has 0 aliphatic rings. The monoisotopic (exact) mass is 291 g/mol. The van der Waals surface area contributed by atoms with E-state index in [2.05, 4.69) is 0 Å². The summed E-state index contributed by atoms with van der Waals surface area (Å²) in [6.45, 7) is 0. The molecule has 0 amide bonds. The number of nitrogen functional groups attached to an aromatic ring is 1. The molecule has 0 aliphatic heterocycles. The second-order valence-corrected chi connectivity index (χ2v) is 5.29. The van der Waals surface area contributed by atoms with Crippen molar-refractivity contribution in [2.75, 3.05) is 5.73 Å². The summed E-state index contributed by atoms with van der Waals surface area (Å²) in [6, 6.07) is 22.1. The summed E-state index contributed by atoms with van der Waals surface area (Å²) in [7, 11) is 0. The molecule has 3 heteroatoms. The number of aromatic hydroxyl groups is 2. The lowest BCUT2D eigenvalue weighted by atomic mass is 9.85.